The van der Waals surface area contributed by atoms with Gasteiger partial charge in [0.25, 0.3) is 5.91 Å². The van der Waals surface area contributed by atoms with Crippen LogP contribution in [0.4, 0.5) is 8.78 Å². The van der Waals surface area contributed by atoms with Crippen molar-refractivity contribution in [2.24, 2.45) is 5.41 Å². The van der Waals surface area contributed by atoms with E-state index in [0.717, 1.165) is 24.0 Å². The lowest BCUT2D eigenvalue weighted by Crippen LogP contribution is -2.58. The Morgan fingerprint density at radius 1 is 1.05 bits per heavy atom. The predicted octanol–water partition coefficient (Wildman–Crippen LogP) is 5.19. The van der Waals surface area contributed by atoms with E-state index >= 15 is 0 Å². The van der Waals surface area contributed by atoms with Gasteiger partial charge in [0.05, 0.1) is 5.54 Å². The minimum absolute atomic E-state index is 0.0163. The van der Waals surface area contributed by atoms with Gasteiger partial charge in [0.1, 0.15) is 11.9 Å². The summed E-state index contributed by atoms with van der Waals surface area (Å²) in [4.78, 5) is 30.8. The number of nitrogens with zero attached hydrogens (tertiary/aromatic N) is 3. The van der Waals surface area contributed by atoms with Crippen molar-refractivity contribution in [3.05, 3.63) is 54.7 Å². The number of rotatable bonds is 6. The number of pyridine rings is 1. The number of benzene rings is 1. The van der Waals surface area contributed by atoms with Gasteiger partial charge in [-0.3, -0.25) is 9.59 Å². The summed E-state index contributed by atoms with van der Waals surface area (Å²) in [6.07, 6.45) is 9.21. The first-order valence-corrected chi connectivity index (χ1v) is 12.2. The number of nitrogens with one attached hydrogen (secondary N) is 1. The molecule has 0 radical (unpaired) electrons. The van der Waals surface area contributed by atoms with Gasteiger partial charge in [0, 0.05) is 36.3 Å². The van der Waals surface area contributed by atoms with Crippen LogP contribution in [0, 0.1) is 17.8 Å². The highest BCUT2D eigenvalue weighted by molar-refractivity contribution is 6.01. The molecule has 2 saturated carbocycles. The van der Waals surface area contributed by atoms with E-state index in [2.05, 4.69) is 21.3 Å². The summed E-state index contributed by atoms with van der Waals surface area (Å²) in [7, 11) is 0. The van der Waals surface area contributed by atoms with Crippen LogP contribution in [0.25, 0.3) is 27.7 Å². The molecule has 0 bridgehead atoms. The zero-order chi connectivity index (χ0) is 25.8. The molecule has 2 aliphatic rings. The molecule has 6 rings (SSSR count). The minimum atomic E-state index is -2.86. The molecule has 9 heteroatoms. The number of furan rings is 1. The number of aromatic nitrogens is 3. The third-order valence-electron chi connectivity index (χ3n) is 7.74. The number of halogens is 2. The molecule has 3 aromatic heterocycles. The second kappa shape index (κ2) is 8.23. The quantitative estimate of drug-likeness (QED) is 0.367. The Morgan fingerprint density at radius 2 is 1.81 bits per heavy atom. The van der Waals surface area contributed by atoms with Crippen molar-refractivity contribution in [3.8, 4) is 23.5 Å². The van der Waals surface area contributed by atoms with E-state index in [9.17, 15) is 18.4 Å². The minimum Gasteiger partial charge on any atom is -0.451 e. The average Bonchev–Trinajstić information content (AvgIpc) is 3.29. The van der Waals surface area contributed by atoms with Crippen LogP contribution in [0.1, 0.15) is 55.5 Å². The number of Topliss-reactive ketones (excluding diaryl/α,β-unsaturated/α-hetero) is 1. The highest BCUT2D eigenvalue weighted by atomic mass is 19.3. The molecule has 0 spiro atoms. The Hall–Kier alpha value is -4.06. The highest BCUT2D eigenvalue weighted by Gasteiger charge is 2.52. The van der Waals surface area contributed by atoms with Crippen LogP contribution in [0.3, 0.4) is 0 Å². The van der Waals surface area contributed by atoms with Crippen molar-refractivity contribution in [2.45, 2.75) is 56.4 Å². The Balaban J connectivity index is 1.27. The summed E-state index contributed by atoms with van der Waals surface area (Å²) in [6.45, 7) is 0. The molecule has 0 saturated heterocycles. The van der Waals surface area contributed by atoms with E-state index in [1.165, 1.54) is 6.33 Å². The summed E-state index contributed by atoms with van der Waals surface area (Å²) in [5.41, 5.74) is 1.06. The molecule has 1 amide bonds. The molecule has 0 unspecified atom stereocenters. The summed E-state index contributed by atoms with van der Waals surface area (Å²) in [5.74, 6) is -1.05. The topological polar surface area (TPSA) is 89.5 Å². The number of amides is 1. The van der Waals surface area contributed by atoms with Gasteiger partial charge in [-0.2, -0.15) is 5.10 Å². The van der Waals surface area contributed by atoms with Gasteiger partial charge in [-0.15, -0.1) is 6.42 Å². The standard InChI is InChI=1S/C28H24F2N4O3/c1-2-26(6-7-26)16-23(35)27(8-10-28(29,30)11-9-27)33-25(36)22-14-20-4-3-18(13-21(20)37-22)19-5-12-34-24(15-19)31-17-32-34/h1,3-5,12-15,17H,6-11,16H2,(H,33,36). The summed E-state index contributed by atoms with van der Waals surface area (Å²) < 4.78 is 35.5. The third-order valence-corrected chi connectivity index (χ3v) is 7.74. The summed E-state index contributed by atoms with van der Waals surface area (Å²) in [5, 5.41) is 7.58. The van der Waals surface area contributed by atoms with Crippen molar-refractivity contribution in [1.82, 2.24) is 19.9 Å². The van der Waals surface area contributed by atoms with Crippen molar-refractivity contribution in [3.63, 3.8) is 0 Å². The lowest BCUT2D eigenvalue weighted by molar-refractivity contribution is -0.131. The van der Waals surface area contributed by atoms with Crippen molar-refractivity contribution in [2.75, 3.05) is 0 Å². The van der Waals surface area contributed by atoms with Crippen molar-refractivity contribution >= 4 is 28.3 Å². The van der Waals surface area contributed by atoms with Crippen LogP contribution in [0.15, 0.2) is 53.3 Å². The van der Waals surface area contributed by atoms with Crippen molar-refractivity contribution in [1.29, 1.82) is 0 Å². The second-order valence-electron chi connectivity index (χ2n) is 10.3. The number of terminal acetylenes is 1. The number of carbonyl (C=O) groups excluding carboxylic acids is 2. The van der Waals surface area contributed by atoms with Crippen LogP contribution in [0.5, 0.6) is 0 Å². The molecule has 3 heterocycles. The molecule has 188 valence electrons. The number of hydrogen-bond donors (Lipinski definition) is 1. The van der Waals surface area contributed by atoms with E-state index in [-0.39, 0.29) is 30.8 Å². The average molecular weight is 503 g/mol. The van der Waals surface area contributed by atoms with Gasteiger partial charge >= 0.3 is 0 Å². The van der Waals surface area contributed by atoms with Gasteiger partial charge in [-0.1, -0.05) is 18.1 Å². The Labute approximate surface area is 211 Å². The van der Waals surface area contributed by atoms with Gasteiger partial charge in [0.15, 0.2) is 17.2 Å². The maximum atomic E-state index is 14.0. The fourth-order valence-corrected chi connectivity index (χ4v) is 5.11. The summed E-state index contributed by atoms with van der Waals surface area (Å²) >= 11 is 0. The first-order valence-electron chi connectivity index (χ1n) is 12.2. The van der Waals surface area contributed by atoms with Crippen LogP contribution >= 0.6 is 0 Å². The van der Waals surface area contributed by atoms with Gasteiger partial charge < -0.3 is 9.73 Å². The normalized spacial score (nSPS) is 19.4. The molecule has 1 N–H and O–H groups in total. The number of hydrogen-bond acceptors (Lipinski definition) is 5. The zero-order valence-corrected chi connectivity index (χ0v) is 20.0. The van der Waals surface area contributed by atoms with Crippen LogP contribution in [-0.4, -0.2) is 37.7 Å². The molecule has 7 nitrogen and oxygen atoms in total. The smallest absolute Gasteiger partial charge is 0.287 e. The fourth-order valence-electron chi connectivity index (χ4n) is 5.11. The lowest BCUT2D eigenvalue weighted by Gasteiger charge is -2.39. The molecule has 1 aromatic carbocycles. The fraction of sp³-hybridized carbons (Fsp3) is 0.357. The highest BCUT2D eigenvalue weighted by Crippen LogP contribution is 2.50. The number of alkyl halides is 2. The summed E-state index contributed by atoms with van der Waals surface area (Å²) in [6, 6.07) is 10.9. The Morgan fingerprint density at radius 3 is 2.54 bits per heavy atom. The Kier molecular flexibility index (Phi) is 5.19. The molecule has 4 aromatic rings. The molecule has 37 heavy (non-hydrogen) atoms. The van der Waals surface area contributed by atoms with Gasteiger partial charge in [-0.05, 0) is 61.1 Å². The maximum absolute atomic E-state index is 14.0. The van der Waals surface area contributed by atoms with Crippen LogP contribution in [0.2, 0.25) is 0 Å². The number of ketones is 1. The number of fused-ring (bicyclic) bond motifs is 2. The molecule has 0 aliphatic heterocycles. The maximum Gasteiger partial charge on any atom is 0.287 e. The first kappa shape index (κ1) is 23.3. The molecule has 2 aliphatic carbocycles. The van der Waals surface area contributed by atoms with Gasteiger partial charge in [-0.25, -0.2) is 18.3 Å². The molecule has 2 fully saturated rings. The van der Waals surface area contributed by atoms with E-state index in [4.69, 9.17) is 10.8 Å². The Bertz CT molecular complexity index is 1580. The van der Waals surface area contributed by atoms with E-state index < -0.39 is 35.6 Å². The van der Waals surface area contributed by atoms with Crippen molar-refractivity contribution < 1.29 is 22.8 Å². The van der Waals surface area contributed by atoms with Gasteiger partial charge in [0.2, 0.25) is 5.92 Å². The molecular weight excluding hydrogens is 478 g/mol. The predicted molar refractivity (Wildman–Crippen MR) is 132 cm³/mol. The zero-order valence-electron chi connectivity index (χ0n) is 20.0. The van der Waals surface area contributed by atoms with E-state index in [0.29, 0.717) is 16.6 Å². The largest absolute Gasteiger partial charge is 0.451 e. The van der Waals surface area contributed by atoms with Crippen LogP contribution in [-0.2, 0) is 4.79 Å². The van der Waals surface area contributed by atoms with Crippen LogP contribution < -0.4 is 5.32 Å². The second-order valence-corrected chi connectivity index (χ2v) is 10.3. The first-order chi connectivity index (χ1) is 17.7. The molecule has 0 atom stereocenters. The lowest BCUT2D eigenvalue weighted by atomic mass is 9.74. The monoisotopic (exact) mass is 502 g/mol. The van der Waals surface area contributed by atoms with E-state index in [1.54, 1.807) is 16.8 Å². The third kappa shape index (κ3) is 4.26. The molecular formula is C28H24F2N4O3. The number of carbonyl (C=O) groups is 2. The SMILES string of the molecule is C#CC1(CC(=O)C2(NC(=O)c3cc4ccc(-c5ccn6ncnc6c5)cc4o3)CCC(F)(F)CC2)CC1. The van der Waals surface area contributed by atoms with E-state index in [1.807, 2.05) is 30.3 Å².